The minimum absolute atomic E-state index is 0.0509. The average molecular weight is 581 g/mol. The Kier molecular flexibility index (Phi) is 6.93. The molecule has 4 aromatic rings. The third-order valence-electron chi connectivity index (χ3n) is 6.46. The summed E-state index contributed by atoms with van der Waals surface area (Å²) in [6, 6.07) is 9.97. The highest BCUT2D eigenvalue weighted by Gasteiger charge is 2.42. The Morgan fingerprint density at radius 2 is 1.80 bits per heavy atom. The first-order valence-electron chi connectivity index (χ1n) is 12.3. The van der Waals surface area contributed by atoms with Gasteiger partial charge in [0.1, 0.15) is 23.3 Å². The number of hydrogen-bond donors (Lipinski definition) is 2. The van der Waals surface area contributed by atoms with Crippen molar-refractivity contribution in [1.82, 2.24) is 25.1 Å². The number of carbonyl (C=O) groups is 2. The quantitative estimate of drug-likeness (QED) is 0.329. The number of nitrogens with two attached hydrogens (primary N) is 1. The van der Waals surface area contributed by atoms with Crippen LogP contribution in [0, 0.1) is 5.41 Å². The number of carbonyl (C=O) groups excluding carboxylic acids is 2. The smallest absolute Gasteiger partial charge is 0.271 e. The second kappa shape index (κ2) is 10.1. The number of fused-ring (bicyclic) bond motifs is 3. The molecule has 3 heterocycles. The van der Waals surface area contributed by atoms with Crippen LogP contribution >= 0.6 is 23.2 Å². The minimum Gasteiger partial charge on any atom is -0.496 e. The van der Waals surface area contributed by atoms with Crippen molar-refractivity contribution in [3.05, 3.63) is 69.6 Å². The topological polar surface area (TPSA) is 134 Å². The molecule has 5 rings (SSSR count). The van der Waals surface area contributed by atoms with Gasteiger partial charge in [-0.25, -0.2) is 14.6 Å². The molecule has 2 aromatic heterocycles. The SMILES string of the molecule is CNC(=O)c1nn(-c2cc(Cl)cc(Cl)c2)c2c1C(C(C)(C)C)Oc1cc(OC)c(-c3nccc(C(N)=O)n3)cc1-2. The summed E-state index contributed by atoms with van der Waals surface area (Å²) in [5, 5.41) is 8.23. The van der Waals surface area contributed by atoms with Crippen molar-refractivity contribution in [2.45, 2.75) is 26.9 Å². The maximum atomic E-state index is 13.2. The van der Waals surface area contributed by atoms with Crippen molar-refractivity contribution in [1.29, 1.82) is 0 Å². The molecule has 12 heteroatoms. The van der Waals surface area contributed by atoms with Crippen LogP contribution in [-0.4, -0.2) is 45.7 Å². The van der Waals surface area contributed by atoms with Crippen LogP contribution in [0.2, 0.25) is 10.0 Å². The fourth-order valence-corrected chi connectivity index (χ4v) is 5.20. The van der Waals surface area contributed by atoms with Crippen LogP contribution in [-0.2, 0) is 0 Å². The number of nitrogens with one attached hydrogen (secondary N) is 1. The lowest BCUT2D eigenvalue weighted by atomic mass is 9.80. The van der Waals surface area contributed by atoms with Gasteiger partial charge in [-0.05, 0) is 30.3 Å². The van der Waals surface area contributed by atoms with Crippen LogP contribution in [0.4, 0.5) is 0 Å². The maximum absolute atomic E-state index is 13.2. The third kappa shape index (κ3) is 4.73. The number of aromatic nitrogens is 4. The highest BCUT2D eigenvalue weighted by Crippen LogP contribution is 2.52. The second-order valence-electron chi connectivity index (χ2n) is 10.3. The lowest BCUT2D eigenvalue weighted by Crippen LogP contribution is -2.30. The van der Waals surface area contributed by atoms with E-state index in [1.54, 1.807) is 42.1 Å². The summed E-state index contributed by atoms with van der Waals surface area (Å²) >= 11 is 12.7. The number of hydrogen-bond acceptors (Lipinski definition) is 7. The Labute approximate surface area is 240 Å². The fraction of sp³-hybridized carbons (Fsp3) is 0.250. The van der Waals surface area contributed by atoms with E-state index >= 15 is 0 Å². The summed E-state index contributed by atoms with van der Waals surface area (Å²) in [6.07, 6.45) is 0.886. The molecule has 0 radical (unpaired) electrons. The second-order valence-corrected chi connectivity index (χ2v) is 11.1. The van der Waals surface area contributed by atoms with Crippen LogP contribution in [0.5, 0.6) is 11.5 Å². The van der Waals surface area contributed by atoms with Crippen LogP contribution < -0.4 is 20.5 Å². The third-order valence-corrected chi connectivity index (χ3v) is 6.89. The molecule has 1 aliphatic heterocycles. The highest BCUT2D eigenvalue weighted by atomic mass is 35.5. The van der Waals surface area contributed by atoms with Gasteiger partial charge in [-0.15, -0.1) is 0 Å². The lowest BCUT2D eigenvalue weighted by Gasteiger charge is -2.36. The van der Waals surface area contributed by atoms with E-state index in [0.717, 1.165) is 0 Å². The van der Waals surface area contributed by atoms with Crippen LogP contribution in [0.15, 0.2) is 42.6 Å². The fourth-order valence-electron chi connectivity index (χ4n) is 4.68. The van der Waals surface area contributed by atoms with Gasteiger partial charge in [0.2, 0.25) is 0 Å². The van der Waals surface area contributed by atoms with Gasteiger partial charge >= 0.3 is 0 Å². The molecule has 0 aliphatic carbocycles. The molecule has 2 amide bonds. The van der Waals surface area contributed by atoms with E-state index in [4.69, 9.17) is 43.5 Å². The zero-order valence-corrected chi connectivity index (χ0v) is 23.9. The standard InChI is InChI=1S/C28H26Cl2N6O4/c1-28(2,3)24-21-22(27(38)32-4)35-36(15-9-13(29)8-14(30)10-15)23(21)16-11-17(19(39-5)12-20(16)40-24)26-33-7-6-18(34-26)25(31)37/h6-12,24H,1-5H3,(H2,31,37)(H,32,38). The summed E-state index contributed by atoms with van der Waals surface area (Å²) in [4.78, 5) is 33.7. The Balaban J connectivity index is 1.88. The number of rotatable bonds is 5. The zero-order chi connectivity index (χ0) is 28.9. The van der Waals surface area contributed by atoms with Crippen molar-refractivity contribution in [2.24, 2.45) is 11.1 Å². The molecule has 2 aromatic carbocycles. The molecule has 1 atom stereocenters. The number of ether oxygens (including phenoxy) is 2. The number of halogens is 2. The summed E-state index contributed by atoms with van der Waals surface area (Å²) in [5.74, 6) is 0.0662. The number of methoxy groups -OCH3 is 1. The number of nitrogens with zero attached hydrogens (tertiary/aromatic N) is 4. The molecular weight excluding hydrogens is 555 g/mol. The normalized spacial score (nSPS) is 14.1. The van der Waals surface area contributed by atoms with E-state index in [9.17, 15) is 9.59 Å². The zero-order valence-electron chi connectivity index (χ0n) is 22.4. The molecule has 40 heavy (non-hydrogen) atoms. The molecule has 0 saturated carbocycles. The van der Waals surface area contributed by atoms with E-state index in [2.05, 4.69) is 15.3 Å². The van der Waals surface area contributed by atoms with Crippen molar-refractivity contribution in [3.63, 3.8) is 0 Å². The van der Waals surface area contributed by atoms with Crippen molar-refractivity contribution in [2.75, 3.05) is 14.2 Å². The number of primary amides is 1. The first kappa shape index (κ1) is 27.4. The average Bonchev–Trinajstić information content (AvgIpc) is 3.31. The largest absolute Gasteiger partial charge is 0.496 e. The molecule has 0 fully saturated rings. The van der Waals surface area contributed by atoms with E-state index in [-0.39, 0.29) is 23.1 Å². The van der Waals surface area contributed by atoms with Crippen molar-refractivity contribution >= 4 is 35.0 Å². The lowest BCUT2D eigenvalue weighted by molar-refractivity contribution is 0.0806. The van der Waals surface area contributed by atoms with Crippen LogP contribution in [0.3, 0.4) is 0 Å². The van der Waals surface area contributed by atoms with Gasteiger partial charge in [0.15, 0.2) is 11.5 Å². The van der Waals surface area contributed by atoms with Gasteiger partial charge in [0.05, 0.1) is 29.6 Å². The molecule has 0 bridgehead atoms. The first-order chi connectivity index (χ1) is 18.9. The Morgan fingerprint density at radius 1 is 1.10 bits per heavy atom. The van der Waals surface area contributed by atoms with Crippen molar-refractivity contribution < 1.29 is 19.1 Å². The molecule has 10 nitrogen and oxygen atoms in total. The van der Waals surface area contributed by atoms with E-state index < -0.39 is 17.4 Å². The Hall–Kier alpha value is -4.15. The van der Waals surface area contributed by atoms with E-state index in [1.807, 2.05) is 20.8 Å². The van der Waals surface area contributed by atoms with E-state index in [0.29, 0.717) is 49.6 Å². The Morgan fingerprint density at radius 3 is 2.40 bits per heavy atom. The van der Waals surface area contributed by atoms with Gasteiger partial charge in [-0.3, -0.25) is 9.59 Å². The molecule has 3 N–H and O–H groups in total. The van der Waals surface area contributed by atoms with Crippen LogP contribution in [0.1, 0.15) is 53.4 Å². The van der Waals surface area contributed by atoms with E-state index in [1.165, 1.54) is 19.4 Å². The predicted octanol–water partition coefficient (Wildman–Crippen LogP) is 5.25. The Bertz CT molecular complexity index is 1660. The highest BCUT2D eigenvalue weighted by molar-refractivity contribution is 6.34. The molecule has 206 valence electrons. The molecule has 0 saturated heterocycles. The van der Waals surface area contributed by atoms with Gasteiger partial charge in [0, 0.05) is 40.3 Å². The van der Waals surface area contributed by atoms with Gasteiger partial charge < -0.3 is 20.5 Å². The van der Waals surface area contributed by atoms with Gasteiger partial charge in [0.25, 0.3) is 11.8 Å². The molecular formula is C28H26Cl2N6O4. The van der Waals surface area contributed by atoms with Crippen molar-refractivity contribution in [3.8, 4) is 39.8 Å². The van der Waals surface area contributed by atoms with Gasteiger partial charge in [-0.1, -0.05) is 44.0 Å². The molecule has 1 unspecified atom stereocenters. The summed E-state index contributed by atoms with van der Waals surface area (Å²) in [6.45, 7) is 6.05. The minimum atomic E-state index is -0.689. The molecule has 0 spiro atoms. The van der Waals surface area contributed by atoms with Crippen LogP contribution in [0.25, 0.3) is 28.3 Å². The van der Waals surface area contributed by atoms with Gasteiger partial charge in [-0.2, -0.15) is 5.10 Å². The predicted molar refractivity (Wildman–Crippen MR) is 151 cm³/mol. The number of benzene rings is 2. The molecule has 1 aliphatic rings. The summed E-state index contributed by atoms with van der Waals surface area (Å²) in [5.41, 5.74) is 8.09. The number of amides is 2. The summed E-state index contributed by atoms with van der Waals surface area (Å²) in [7, 11) is 3.06. The maximum Gasteiger partial charge on any atom is 0.271 e. The summed E-state index contributed by atoms with van der Waals surface area (Å²) < 4.78 is 13.9. The monoisotopic (exact) mass is 580 g/mol. The first-order valence-corrected chi connectivity index (χ1v) is 13.0.